The van der Waals surface area contributed by atoms with E-state index in [0.29, 0.717) is 0 Å². The Labute approximate surface area is 82.5 Å². The molecule has 0 nitrogen and oxygen atoms in total. The second-order valence-electron chi connectivity index (χ2n) is 4.16. The lowest BCUT2D eigenvalue weighted by molar-refractivity contribution is 0.535. The summed E-state index contributed by atoms with van der Waals surface area (Å²) >= 11 is 2.09. The maximum absolute atomic E-state index is 2.31. The average Bonchev–Trinajstić information content (AvgIpc) is 1.95. The van der Waals surface area contributed by atoms with Gasteiger partial charge in [0.25, 0.3) is 0 Å². The summed E-state index contributed by atoms with van der Waals surface area (Å²) in [6.45, 7) is 9.17. The predicted molar refractivity (Wildman–Crippen MR) is 60.9 cm³/mol. The Morgan fingerprint density at radius 2 is 1.58 bits per heavy atom. The van der Waals surface area contributed by atoms with Crippen LogP contribution in [0.25, 0.3) is 0 Å². The molecule has 0 saturated heterocycles. The summed E-state index contributed by atoms with van der Waals surface area (Å²) < 4.78 is 0. The standard InChI is InChI=1S/C11H24S/c1-10(2)8-6-5-7-9-12-11(3)4/h10-11H,5-9H2,1-4H3. The van der Waals surface area contributed by atoms with Gasteiger partial charge >= 0.3 is 0 Å². The zero-order valence-corrected chi connectivity index (χ0v) is 9.91. The lowest BCUT2D eigenvalue weighted by atomic mass is 10.1. The molecule has 0 aliphatic heterocycles. The van der Waals surface area contributed by atoms with Crippen LogP contribution in [0.15, 0.2) is 0 Å². The van der Waals surface area contributed by atoms with Gasteiger partial charge in [0.2, 0.25) is 0 Å². The van der Waals surface area contributed by atoms with Crippen LogP contribution >= 0.6 is 11.8 Å². The highest BCUT2D eigenvalue weighted by Gasteiger charge is 1.96. The van der Waals surface area contributed by atoms with Gasteiger partial charge in [-0.1, -0.05) is 47.0 Å². The van der Waals surface area contributed by atoms with Crippen LogP contribution in [0.1, 0.15) is 53.4 Å². The molecule has 0 N–H and O–H groups in total. The molecule has 1 heteroatoms. The molecule has 0 radical (unpaired) electrons. The Morgan fingerprint density at radius 1 is 0.917 bits per heavy atom. The smallest absolute Gasteiger partial charge is 0.000968 e. The number of hydrogen-bond donors (Lipinski definition) is 0. The van der Waals surface area contributed by atoms with Crippen LogP contribution < -0.4 is 0 Å². The third-order valence-electron chi connectivity index (χ3n) is 1.88. The van der Waals surface area contributed by atoms with Crippen molar-refractivity contribution in [3.05, 3.63) is 0 Å². The molecule has 0 aromatic heterocycles. The third kappa shape index (κ3) is 10.3. The zero-order chi connectivity index (χ0) is 9.40. The molecule has 0 aromatic carbocycles. The highest BCUT2D eigenvalue weighted by molar-refractivity contribution is 7.99. The summed E-state index contributed by atoms with van der Waals surface area (Å²) in [5, 5.41) is 0.815. The quantitative estimate of drug-likeness (QED) is 0.535. The van der Waals surface area contributed by atoms with E-state index in [0.717, 1.165) is 11.2 Å². The maximum Gasteiger partial charge on any atom is -0.000968 e. The first-order chi connectivity index (χ1) is 5.63. The van der Waals surface area contributed by atoms with Crippen LogP contribution in [0.3, 0.4) is 0 Å². The molecule has 0 unspecified atom stereocenters. The summed E-state index contributed by atoms with van der Waals surface area (Å²) in [4.78, 5) is 0. The molecule has 0 aromatic rings. The average molecular weight is 188 g/mol. The van der Waals surface area contributed by atoms with Gasteiger partial charge in [-0.15, -0.1) is 0 Å². The van der Waals surface area contributed by atoms with Gasteiger partial charge < -0.3 is 0 Å². The molecular formula is C11H24S. The monoisotopic (exact) mass is 188 g/mol. The van der Waals surface area contributed by atoms with E-state index in [1.54, 1.807) is 0 Å². The number of unbranched alkanes of at least 4 members (excludes halogenated alkanes) is 2. The first-order valence-corrected chi connectivity index (χ1v) is 6.29. The van der Waals surface area contributed by atoms with E-state index in [2.05, 4.69) is 39.5 Å². The Morgan fingerprint density at radius 3 is 2.08 bits per heavy atom. The van der Waals surface area contributed by atoms with Crippen molar-refractivity contribution in [2.24, 2.45) is 5.92 Å². The van der Waals surface area contributed by atoms with E-state index in [-0.39, 0.29) is 0 Å². The SMILES string of the molecule is CC(C)CCCCCSC(C)C. The van der Waals surface area contributed by atoms with Crippen molar-refractivity contribution in [2.45, 2.75) is 58.6 Å². The van der Waals surface area contributed by atoms with E-state index >= 15 is 0 Å². The van der Waals surface area contributed by atoms with E-state index in [1.165, 1.54) is 31.4 Å². The first-order valence-electron chi connectivity index (χ1n) is 5.24. The molecule has 0 amide bonds. The molecule has 0 aliphatic rings. The predicted octanol–water partition coefficient (Wildman–Crippen LogP) is 4.34. The molecule has 0 saturated carbocycles. The van der Waals surface area contributed by atoms with Crippen LogP contribution in [0.5, 0.6) is 0 Å². The van der Waals surface area contributed by atoms with Crippen LogP contribution in [0.2, 0.25) is 0 Å². The lowest BCUT2D eigenvalue weighted by Crippen LogP contribution is -1.91. The fourth-order valence-corrected chi connectivity index (χ4v) is 1.99. The van der Waals surface area contributed by atoms with Crippen LogP contribution in [0.4, 0.5) is 0 Å². The molecule has 0 bridgehead atoms. The molecule has 0 rings (SSSR count). The zero-order valence-electron chi connectivity index (χ0n) is 9.10. The van der Waals surface area contributed by atoms with Crippen molar-refractivity contribution in [1.82, 2.24) is 0 Å². The fraction of sp³-hybridized carbons (Fsp3) is 1.00. The molecule has 0 atom stereocenters. The van der Waals surface area contributed by atoms with Crippen LogP contribution in [-0.4, -0.2) is 11.0 Å². The Kier molecular flexibility index (Phi) is 8.20. The summed E-state index contributed by atoms with van der Waals surface area (Å²) in [5.74, 6) is 2.25. The van der Waals surface area contributed by atoms with Crippen LogP contribution in [-0.2, 0) is 0 Å². The molecule has 74 valence electrons. The fourth-order valence-electron chi connectivity index (χ4n) is 1.15. The molecule has 12 heavy (non-hydrogen) atoms. The van der Waals surface area contributed by atoms with Gasteiger partial charge in [0.05, 0.1) is 0 Å². The summed E-state index contributed by atoms with van der Waals surface area (Å²) in [7, 11) is 0. The van der Waals surface area contributed by atoms with Crippen molar-refractivity contribution in [2.75, 3.05) is 5.75 Å². The lowest BCUT2D eigenvalue weighted by Gasteiger charge is -2.05. The Hall–Kier alpha value is 0.350. The second-order valence-corrected chi connectivity index (χ2v) is 5.85. The molecule has 0 fully saturated rings. The minimum atomic E-state index is 0.815. The van der Waals surface area contributed by atoms with E-state index in [9.17, 15) is 0 Å². The highest BCUT2D eigenvalue weighted by atomic mass is 32.2. The van der Waals surface area contributed by atoms with Gasteiger partial charge in [-0.3, -0.25) is 0 Å². The van der Waals surface area contributed by atoms with Gasteiger partial charge in [0.15, 0.2) is 0 Å². The van der Waals surface area contributed by atoms with Gasteiger partial charge in [-0.05, 0) is 23.3 Å². The summed E-state index contributed by atoms with van der Waals surface area (Å²) in [6, 6.07) is 0. The topological polar surface area (TPSA) is 0 Å². The van der Waals surface area contributed by atoms with E-state index in [4.69, 9.17) is 0 Å². The largest absolute Gasteiger partial charge is 0.159 e. The molecule has 0 aliphatic carbocycles. The van der Waals surface area contributed by atoms with Gasteiger partial charge in [0, 0.05) is 0 Å². The summed E-state index contributed by atoms with van der Waals surface area (Å²) in [5.41, 5.74) is 0. The normalized spacial score (nSPS) is 11.5. The van der Waals surface area contributed by atoms with Crippen LogP contribution in [0, 0.1) is 5.92 Å². The van der Waals surface area contributed by atoms with Gasteiger partial charge in [-0.25, -0.2) is 0 Å². The maximum atomic E-state index is 2.31. The first kappa shape index (κ1) is 12.3. The summed E-state index contributed by atoms with van der Waals surface area (Å²) in [6.07, 6.45) is 5.68. The van der Waals surface area contributed by atoms with E-state index in [1.807, 2.05) is 0 Å². The van der Waals surface area contributed by atoms with Gasteiger partial charge in [-0.2, -0.15) is 11.8 Å². The van der Waals surface area contributed by atoms with Crippen molar-refractivity contribution >= 4 is 11.8 Å². The second kappa shape index (κ2) is 7.97. The van der Waals surface area contributed by atoms with Crippen molar-refractivity contribution < 1.29 is 0 Å². The highest BCUT2D eigenvalue weighted by Crippen LogP contribution is 2.14. The minimum absolute atomic E-state index is 0.815. The number of hydrogen-bond acceptors (Lipinski definition) is 1. The Bertz CT molecular complexity index is 75.0. The molecule has 0 heterocycles. The molecule has 0 spiro atoms. The Balaban J connectivity index is 2.91. The van der Waals surface area contributed by atoms with E-state index < -0.39 is 0 Å². The third-order valence-corrected chi connectivity index (χ3v) is 3.07. The van der Waals surface area contributed by atoms with Crippen molar-refractivity contribution in [3.8, 4) is 0 Å². The van der Waals surface area contributed by atoms with Crippen molar-refractivity contribution in [3.63, 3.8) is 0 Å². The minimum Gasteiger partial charge on any atom is -0.159 e. The number of rotatable bonds is 7. The van der Waals surface area contributed by atoms with Crippen molar-refractivity contribution in [1.29, 1.82) is 0 Å². The molecular weight excluding hydrogens is 164 g/mol. The van der Waals surface area contributed by atoms with Gasteiger partial charge in [0.1, 0.15) is 0 Å². The number of thioether (sulfide) groups is 1.